The van der Waals surface area contributed by atoms with Crippen molar-refractivity contribution in [3.05, 3.63) is 76.1 Å². The van der Waals surface area contributed by atoms with Crippen molar-refractivity contribution in [3.63, 3.8) is 0 Å². The average Bonchev–Trinajstić information content (AvgIpc) is 3.51. The number of benzene rings is 1. The number of fused-ring (bicyclic) bond motifs is 1. The number of pyridine rings is 1. The largest absolute Gasteiger partial charge is 0.358 e. The van der Waals surface area contributed by atoms with Crippen molar-refractivity contribution in [3.8, 4) is 22.0 Å². The summed E-state index contributed by atoms with van der Waals surface area (Å²) in [6, 6.07) is 13.7. The van der Waals surface area contributed by atoms with E-state index >= 15 is 0 Å². The van der Waals surface area contributed by atoms with E-state index in [0.29, 0.717) is 40.5 Å². The molecule has 7 nitrogen and oxygen atoms in total. The molecule has 0 saturated carbocycles. The van der Waals surface area contributed by atoms with Gasteiger partial charge in [0, 0.05) is 28.9 Å². The fourth-order valence-corrected chi connectivity index (χ4v) is 4.92. The number of aromatic nitrogens is 3. The average molecular weight is 470 g/mol. The first-order valence-corrected chi connectivity index (χ1v) is 11.9. The van der Waals surface area contributed by atoms with Crippen LogP contribution in [0.25, 0.3) is 33.6 Å². The van der Waals surface area contributed by atoms with Gasteiger partial charge in [-0.25, -0.2) is 9.97 Å². The molecule has 0 atom stereocenters. The molecule has 0 unspecified atom stereocenters. The van der Waals surface area contributed by atoms with Crippen molar-refractivity contribution < 1.29 is 9.59 Å². The Bertz CT molecular complexity index is 1450. The Morgan fingerprint density at radius 1 is 1.09 bits per heavy atom. The maximum atomic E-state index is 12.8. The zero-order chi connectivity index (χ0) is 23.8. The van der Waals surface area contributed by atoms with Crippen LogP contribution in [0.1, 0.15) is 39.9 Å². The number of rotatable bonds is 5. The fraction of sp³-hybridized carbons (Fsp3) is 0.154. The molecule has 1 aliphatic rings. The number of nitrogens with zero attached hydrogens (tertiary/aromatic N) is 2. The predicted molar refractivity (Wildman–Crippen MR) is 136 cm³/mol. The van der Waals surface area contributed by atoms with E-state index in [2.05, 4.69) is 15.6 Å². The third-order valence-corrected chi connectivity index (χ3v) is 6.65. The van der Waals surface area contributed by atoms with Crippen LogP contribution in [-0.4, -0.2) is 33.3 Å². The van der Waals surface area contributed by atoms with Crippen molar-refractivity contribution in [2.45, 2.75) is 20.8 Å². The first-order valence-electron chi connectivity index (χ1n) is 11.0. The molecule has 3 N–H and O–H groups in total. The number of amides is 2. The number of H-pyrrole nitrogens is 1. The normalized spacial score (nSPS) is 13.7. The fourth-order valence-electron chi connectivity index (χ4n) is 4.10. The molecule has 0 fully saturated rings. The second kappa shape index (κ2) is 8.72. The molecule has 3 aromatic heterocycles. The minimum absolute atomic E-state index is 0.132. The topological polar surface area (TPSA) is 99.8 Å². The second-order valence-electron chi connectivity index (χ2n) is 8.03. The summed E-state index contributed by atoms with van der Waals surface area (Å²) in [6.07, 6.45) is 1.76. The maximum absolute atomic E-state index is 12.8. The van der Waals surface area contributed by atoms with Gasteiger partial charge >= 0.3 is 0 Å². The summed E-state index contributed by atoms with van der Waals surface area (Å²) in [5, 5.41) is 8.61. The summed E-state index contributed by atoms with van der Waals surface area (Å²) in [4.78, 5) is 38.0. The number of carbonyl (C=O) groups is 2. The van der Waals surface area contributed by atoms with Gasteiger partial charge in [0.2, 0.25) is 0 Å². The van der Waals surface area contributed by atoms with Crippen LogP contribution in [0.3, 0.4) is 0 Å². The summed E-state index contributed by atoms with van der Waals surface area (Å²) >= 11 is 1.56. The lowest BCUT2D eigenvalue weighted by atomic mass is 10.1. The van der Waals surface area contributed by atoms with Crippen LogP contribution in [0, 0.1) is 13.8 Å². The lowest BCUT2D eigenvalue weighted by molar-refractivity contribution is -0.110. The molecule has 2 amide bonds. The number of nitrogens with one attached hydrogen (secondary N) is 3. The van der Waals surface area contributed by atoms with E-state index in [1.807, 2.05) is 68.6 Å². The standard InChI is InChI=1S/C26H23N5O2S/c1-4-27-25(33)22-14(2)20(28-15(22)3)12-17-23-19(30-24(17)32)11-10-18(29-23)21-13-34-26(31-21)16-8-6-5-7-9-16/h5-13,28H,4H2,1-3H3,(H,27,33)(H,30,32)/b17-12-. The summed E-state index contributed by atoms with van der Waals surface area (Å²) in [6.45, 7) is 6.15. The quantitative estimate of drug-likeness (QED) is 0.356. The van der Waals surface area contributed by atoms with E-state index in [9.17, 15) is 9.59 Å². The summed E-state index contributed by atoms with van der Waals surface area (Å²) in [7, 11) is 0. The van der Waals surface area contributed by atoms with Gasteiger partial charge in [0.1, 0.15) is 16.4 Å². The first-order chi connectivity index (χ1) is 16.5. The van der Waals surface area contributed by atoms with Gasteiger partial charge in [0.15, 0.2) is 0 Å². The third kappa shape index (κ3) is 3.82. The molecule has 0 radical (unpaired) electrons. The Hall–Kier alpha value is -4.04. The number of carbonyl (C=O) groups excluding carboxylic acids is 2. The molecule has 8 heteroatoms. The zero-order valence-electron chi connectivity index (χ0n) is 19.0. The van der Waals surface area contributed by atoms with E-state index < -0.39 is 0 Å². The SMILES string of the molecule is CCNC(=O)c1c(C)[nH]c(/C=C2\C(=O)Nc3ccc(-c4csc(-c5ccccc5)n4)nc32)c1C. The Labute approximate surface area is 201 Å². The third-order valence-electron chi connectivity index (χ3n) is 5.76. The second-order valence-corrected chi connectivity index (χ2v) is 8.89. The zero-order valence-corrected chi connectivity index (χ0v) is 19.8. The van der Waals surface area contributed by atoms with E-state index in [1.54, 1.807) is 17.4 Å². The molecule has 5 rings (SSSR count). The van der Waals surface area contributed by atoms with Gasteiger partial charge in [-0.05, 0) is 44.5 Å². The molecule has 4 aromatic rings. The number of aromatic amines is 1. The molecular formula is C26H23N5O2S. The highest BCUT2D eigenvalue weighted by Crippen LogP contribution is 2.35. The van der Waals surface area contributed by atoms with E-state index in [4.69, 9.17) is 9.97 Å². The van der Waals surface area contributed by atoms with Gasteiger partial charge in [-0.2, -0.15) is 0 Å². The maximum Gasteiger partial charge on any atom is 0.258 e. The number of anilines is 1. The molecule has 0 bridgehead atoms. The van der Waals surface area contributed by atoms with E-state index in [1.165, 1.54) is 0 Å². The van der Waals surface area contributed by atoms with Gasteiger partial charge in [-0.15, -0.1) is 11.3 Å². The van der Waals surface area contributed by atoms with Crippen LogP contribution in [0.15, 0.2) is 47.8 Å². The van der Waals surface area contributed by atoms with Crippen LogP contribution in [0.5, 0.6) is 0 Å². The number of hydrogen-bond acceptors (Lipinski definition) is 5. The Balaban J connectivity index is 1.52. The van der Waals surface area contributed by atoms with Crippen molar-refractivity contribution in [1.29, 1.82) is 0 Å². The molecular weight excluding hydrogens is 446 g/mol. The number of thiazole rings is 1. The molecule has 0 saturated heterocycles. The molecule has 34 heavy (non-hydrogen) atoms. The van der Waals surface area contributed by atoms with E-state index in [-0.39, 0.29) is 11.8 Å². The van der Waals surface area contributed by atoms with Crippen molar-refractivity contribution in [1.82, 2.24) is 20.3 Å². The molecule has 4 heterocycles. The highest BCUT2D eigenvalue weighted by molar-refractivity contribution is 7.13. The molecule has 1 aliphatic heterocycles. The Morgan fingerprint density at radius 2 is 1.88 bits per heavy atom. The van der Waals surface area contributed by atoms with Gasteiger partial charge in [0.05, 0.1) is 22.5 Å². The Morgan fingerprint density at radius 3 is 2.65 bits per heavy atom. The van der Waals surface area contributed by atoms with Gasteiger partial charge in [-0.3, -0.25) is 9.59 Å². The van der Waals surface area contributed by atoms with Gasteiger partial charge in [-0.1, -0.05) is 30.3 Å². The van der Waals surface area contributed by atoms with Crippen LogP contribution in [0.4, 0.5) is 5.69 Å². The highest BCUT2D eigenvalue weighted by atomic mass is 32.1. The lowest BCUT2D eigenvalue weighted by Gasteiger charge is -2.03. The minimum Gasteiger partial charge on any atom is -0.358 e. The van der Waals surface area contributed by atoms with E-state index in [0.717, 1.165) is 27.5 Å². The van der Waals surface area contributed by atoms with Crippen LogP contribution in [0.2, 0.25) is 0 Å². The Kier molecular flexibility index (Phi) is 5.59. The monoisotopic (exact) mass is 469 g/mol. The van der Waals surface area contributed by atoms with Crippen LogP contribution >= 0.6 is 11.3 Å². The first kappa shape index (κ1) is 21.8. The van der Waals surface area contributed by atoms with Crippen LogP contribution in [-0.2, 0) is 4.79 Å². The highest BCUT2D eigenvalue weighted by Gasteiger charge is 2.28. The van der Waals surface area contributed by atoms with Crippen molar-refractivity contribution in [2.24, 2.45) is 0 Å². The summed E-state index contributed by atoms with van der Waals surface area (Å²) in [5.41, 5.74) is 7.05. The summed E-state index contributed by atoms with van der Waals surface area (Å²) < 4.78 is 0. The smallest absolute Gasteiger partial charge is 0.258 e. The minimum atomic E-state index is -0.228. The van der Waals surface area contributed by atoms with Crippen LogP contribution < -0.4 is 10.6 Å². The molecule has 0 aliphatic carbocycles. The lowest BCUT2D eigenvalue weighted by Crippen LogP contribution is -2.23. The molecule has 170 valence electrons. The van der Waals surface area contributed by atoms with Crippen molar-refractivity contribution >= 4 is 40.5 Å². The predicted octanol–water partition coefficient (Wildman–Crippen LogP) is 5.06. The molecule has 1 aromatic carbocycles. The number of aryl methyl sites for hydroxylation is 1. The molecule has 0 spiro atoms. The van der Waals surface area contributed by atoms with Gasteiger partial charge in [0.25, 0.3) is 11.8 Å². The summed E-state index contributed by atoms with van der Waals surface area (Å²) in [5.74, 6) is -0.359. The number of hydrogen-bond donors (Lipinski definition) is 3. The van der Waals surface area contributed by atoms with Gasteiger partial charge < -0.3 is 15.6 Å². The van der Waals surface area contributed by atoms with Crippen molar-refractivity contribution in [2.75, 3.05) is 11.9 Å².